The van der Waals surface area contributed by atoms with E-state index >= 15 is 0 Å². The molecule has 98 valence electrons. The summed E-state index contributed by atoms with van der Waals surface area (Å²) in [6.07, 6.45) is 2.44. The van der Waals surface area contributed by atoms with E-state index in [-0.39, 0.29) is 0 Å². The van der Waals surface area contributed by atoms with E-state index in [1.807, 2.05) is 37.3 Å². The number of nitrogens with zero attached hydrogens (tertiary/aromatic N) is 2. The molecule has 1 saturated heterocycles. The SMILES string of the molecule is CCOC1CCN(C(N)=Nc2ccccc2)CC1. The molecule has 0 atom stereocenters. The molecule has 1 aliphatic rings. The molecule has 0 amide bonds. The van der Waals surface area contributed by atoms with Crippen molar-refractivity contribution >= 4 is 11.6 Å². The summed E-state index contributed by atoms with van der Waals surface area (Å²) < 4.78 is 5.62. The third kappa shape index (κ3) is 3.47. The molecule has 1 aliphatic heterocycles. The third-order valence-electron chi connectivity index (χ3n) is 3.17. The van der Waals surface area contributed by atoms with Crippen LogP contribution in [0, 0.1) is 0 Å². The van der Waals surface area contributed by atoms with Crippen LogP contribution in [0.3, 0.4) is 0 Å². The molecule has 1 aromatic rings. The van der Waals surface area contributed by atoms with E-state index in [0.29, 0.717) is 12.1 Å². The molecule has 1 fully saturated rings. The summed E-state index contributed by atoms with van der Waals surface area (Å²) in [7, 11) is 0. The van der Waals surface area contributed by atoms with Crippen LogP contribution in [0.15, 0.2) is 35.3 Å². The minimum atomic E-state index is 0.385. The molecule has 0 unspecified atom stereocenters. The van der Waals surface area contributed by atoms with Crippen LogP contribution in [-0.4, -0.2) is 36.7 Å². The van der Waals surface area contributed by atoms with Crippen molar-refractivity contribution in [2.75, 3.05) is 19.7 Å². The van der Waals surface area contributed by atoms with Crippen LogP contribution < -0.4 is 5.73 Å². The van der Waals surface area contributed by atoms with Crippen LogP contribution in [-0.2, 0) is 4.74 Å². The summed E-state index contributed by atoms with van der Waals surface area (Å²) >= 11 is 0. The molecular formula is C14H21N3O. The van der Waals surface area contributed by atoms with Crippen LogP contribution >= 0.6 is 0 Å². The van der Waals surface area contributed by atoms with Gasteiger partial charge >= 0.3 is 0 Å². The summed E-state index contributed by atoms with van der Waals surface area (Å²) in [5.41, 5.74) is 6.94. The Morgan fingerprint density at radius 1 is 1.33 bits per heavy atom. The summed E-state index contributed by atoms with van der Waals surface area (Å²) in [6.45, 7) is 4.68. The van der Waals surface area contributed by atoms with Crippen molar-refractivity contribution in [1.29, 1.82) is 0 Å². The molecule has 0 saturated carbocycles. The number of hydrogen-bond donors (Lipinski definition) is 1. The smallest absolute Gasteiger partial charge is 0.196 e. The average Bonchev–Trinajstić information content (AvgIpc) is 2.41. The number of aliphatic imine (C=N–C) groups is 1. The Balaban J connectivity index is 1.91. The van der Waals surface area contributed by atoms with E-state index in [4.69, 9.17) is 10.5 Å². The van der Waals surface area contributed by atoms with Crippen molar-refractivity contribution in [2.24, 2.45) is 10.7 Å². The molecule has 0 bridgehead atoms. The topological polar surface area (TPSA) is 50.9 Å². The third-order valence-corrected chi connectivity index (χ3v) is 3.17. The van der Waals surface area contributed by atoms with E-state index in [9.17, 15) is 0 Å². The Hall–Kier alpha value is -1.55. The van der Waals surface area contributed by atoms with Gasteiger partial charge in [0.2, 0.25) is 0 Å². The predicted octanol–water partition coefficient (Wildman–Crippen LogP) is 2.13. The first-order valence-electron chi connectivity index (χ1n) is 6.55. The average molecular weight is 247 g/mol. The standard InChI is InChI=1S/C14H21N3O/c1-2-18-13-8-10-17(11-9-13)14(15)16-12-6-4-3-5-7-12/h3-7,13H,2,8-11H2,1H3,(H2,15,16). The number of benzene rings is 1. The summed E-state index contributed by atoms with van der Waals surface area (Å²) in [5.74, 6) is 0.608. The molecule has 18 heavy (non-hydrogen) atoms. The molecule has 0 radical (unpaired) electrons. The highest BCUT2D eigenvalue weighted by atomic mass is 16.5. The zero-order chi connectivity index (χ0) is 12.8. The fourth-order valence-electron chi connectivity index (χ4n) is 2.19. The molecule has 2 N–H and O–H groups in total. The number of rotatable bonds is 3. The number of piperidine rings is 1. The van der Waals surface area contributed by atoms with Crippen molar-refractivity contribution in [3.8, 4) is 0 Å². The second-order valence-corrected chi connectivity index (χ2v) is 4.45. The van der Waals surface area contributed by atoms with E-state index in [0.717, 1.165) is 38.2 Å². The van der Waals surface area contributed by atoms with Crippen LogP contribution in [0.25, 0.3) is 0 Å². The van der Waals surface area contributed by atoms with Crippen LogP contribution in [0.5, 0.6) is 0 Å². The van der Waals surface area contributed by atoms with Crippen molar-refractivity contribution < 1.29 is 4.74 Å². The highest BCUT2D eigenvalue weighted by molar-refractivity contribution is 5.81. The second kappa shape index (κ2) is 6.40. The Morgan fingerprint density at radius 2 is 2.00 bits per heavy atom. The fourth-order valence-corrected chi connectivity index (χ4v) is 2.19. The lowest BCUT2D eigenvalue weighted by molar-refractivity contribution is 0.0267. The summed E-state index contributed by atoms with van der Waals surface area (Å²) in [5, 5.41) is 0. The molecule has 4 heteroatoms. The monoisotopic (exact) mass is 247 g/mol. The maximum atomic E-state index is 6.03. The van der Waals surface area contributed by atoms with Gasteiger partial charge < -0.3 is 15.4 Å². The van der Waals surface area contributed by atoms with Crippen molar-refractivity contribution in [2.45, 2.75) is 25.9 Å². The lowest BCUT2D eigenvalue weighted by atomic mass is 10.1. The molecule has 2 rings (SSSR count). The zero-order valence-electron chi connectivity index (χ0n) is 10.9. The van der Waals surface area contributed by atoms with E-state index in [1.54, 1.807) is 0 Å². The van der Waals surface area contributed by atoms with Gasteiger partial charge in [-0.25, -0.2) is 4.99 Å². The van der Waals surface area contributed by atoms with Gasteiger partial charge in [-0.15, -0.1) is 0 Å². The second-order valence-electron chi connectivity index (χ2n) is 4.45. The predicted molar refractivity (Wildman–Crippen MR) is 73.9 cm³/mol. The molecule has 0 aromatic heterocycles. The Morgan fingerprint density at radius 3 is 2.61 bits per heavy atom. The molecule has 4 nitrogen and oxygen atoms in total. The first-order chi connectivity index (χ1) is 8.79. The number of ether oxygens (including phenoxy) is 1. The van der Waals surface area contributed by atoms with Gasteiger partial charge in [-0.3, -0.25) is 0 Å². The number of nitrogens with two attached hydrogens (primary N) is 1. The maximum absolute atomic E-state index is 6.03. The van der Waals surface area contributed by atoms with Crippen molar-refractivity contribution in [3.05, 3.63) is 30.3 Å². The van der Waals surface area contributed by atoms with Crippen molar-refractivity contribution in [3.63, 3.8) is 0 Å². The first kappa shape index (κ1) is 12.9. The van der Waals surface area contributed by atoms with E-state index in [2.05, 4.69) is 9.89 Å². The van der Waals surface area contributed by atoms with E-state index in [1.165, 1.54) is 0 Å². The lowest BCUT2D eigenvalue weighted by Gasteiger charge is -2.32. The Labute approximate surface area is 108 Å². The first-order valence-corrected chi connectivity index (χ1v) is 6.55. The summed E-state index contributed by atoms with van der Waals surface area (Å²) in [4.78, 5) is 6.56. The fraction of sp³-hybridized carbons (Fsp3) is 0.500. The van der Waals surface area contributed by atoms with Crippen molar-refractivity contribution in [1.82, 2.24) is 4.90 Å². The maximum Gasteiger partial charge on any atom is 0.196 e. The Bertz CT molecular complexity index is 383. The van der Waals surface area contributed by atoms with Gasteiger partial charge in [0, 0.05) is 19.7 Å². The molecule has 0 spiro atoms. The van der Waals surface area contributed by atoms with Crippen LogP contribution in [0.4, 0.5) is 5.69 Å². The van der Waals surface area contributed by atoms with Gasteiger partial charge in [0.1, 0.15) is 0 Å². The van der Waals surface area contributed by atoms with Gasteiger partial charge in [-0.2, -0.15) is 0 Å². The minimum Gasteiger partial charge on any atom is -0.378 e. The number of guanidine groups is 1. The molecule has 1 aromatic carbocycles. The van der Waals surface area contributed by atoms with Gasteiger partial charge in [0.25, 0.3) is 0 Å². The highest BCUT2D eigenvalue weighted by Crippen LogP contribution is 2.15. The molecule has 1 heterocycles. The van der Waals surface area contributed by atoms with Crippen LogP contribution in [0.2, 0.25) is 0 Å². The molecular weight excluding hydrogens is 226 g/mol. The minimum absolute atomic E-state index is 0.385. The highest BCUT2D eigenvalue weighted by Gasteiger charge is 2.20. The quantitative estimate of drug-likeness (QED) is 0.657. The van der Waals surface area contributed by atoms with Gasteiger partial charge in [-0.05, 0) is 31.9 Å². The van der Waals surface area contributed by atoms with Crippen LogP contribution in [0.1, 0.15) is 19.8 Å². The Kier molecular flexibility index (Phi) is 4.59. The normalized spacial score (nSPS) is 18.1. The number of hydrogen-bond acceptors (Lipinski definition) is 2. The largest absolute Gasteiger partial charge is 0.378 e. The number of likely N-dealkylation sites (tertiary alicyclic amines) is 1. The van der Waals surface area contributed by atoms with E-state index < -0.39 is 0 Å². The molecule has 0 aliphatic carbocycles. The van der Waals surface area contributed by atoms with Gasteiger partial charge in [0.05, 0.1) is 11.8 Å². The van der Waals surface area contributed by atoms with Gasteiger partial charge in [-0.1, -0.05) is 18.2 Å². The zero-order valence-corrected chi connectivity index (χ0v) is 10.9. The van der Waals surface area contributed by atoms with Gasteiger partial charge in [0.15, 0.2) is 5.96 Å². The summed E-state index contributed by atoms with van der Waals surface area (Å²) in [6, 6.07) is 9.82. The number of para-hydroxylation sites is 1. The lowest BCUT2D eigenvalue weighted by Crippen LogP contribution is -2.44.